The highest BCUT2D eigenvalue weighted by Crippen LogP contribution is 2.03. The molecule has 0 atom stereocenters. The van der Waals surface area contributed by atoms with Crippen LogP contribution in [0.4, 0.5) is 0 Å². The second kappa shape index (κ2) is 9.46. The number of hydrogen-bond acceptors (Lipinski definition) is 2. The molecule has 0 rings (SSSR count). The molecular formula is C7H16ClNO2. The van der Waals surface area contributed by atoms with Crippen LogP contribution in [0.1, 0.15) is 26.2 Å². The molecule has 0 bridgehead atoms. The average molecular weight is 182 g/mol. The highest BCUT2D eigenvalue weighted by molar-refractivity contribution is 5.85. The first-order chi connectivity index (χ1) is 4.18. The second-order valence-corrected chi connectivity index (χ2v) is 2.01. The highest BCUT2D eigenvalue weighted by atomic mass is 35.5. The molecule has 4 N–H and O–H groups in total. The largest absolute Gasteiger partial charge is 0.478 e. The molecular weight excluding hydrogens is 166 g/mol. The minimum absolute atomic E-state index is 0. The van der Waals surface area contributed by atoms with Crippen molar-refractivity contribution in [2.24, 2.45) is 0 Å². The first-order valence-corrected chi connectivity index (χ1v) is 3.09. The van der Waals surface area contributed by atoms with Crippen LogP contribution in [0.2, 0.25) is 0 Å². The first kappa shape index (κ1) is 16.8. The van der Waals surface area contributed by atoms with Crippen LogP contribution < -0.4 is 6.15 Å². The van der Waals surface area contributed by atoms with Crippen LogP contribution in [-0.4, -0.2) is 11.1 Å². The maximum absolute atomic E-state index is 10.1. The number of aliphatic carboxylic acids is 1. The van der Waals surface area contributed by atoms with E-state index in [0.717, 1.165) is 12.8 Å². The molecule has 0 aromatic heterocycles. The van der Waals surface area contributed by atoms with E-state index in [4.69, 9.17) is 5.11 Å². The lowest BCUT2D eigenvalue weighted by Crippen LogP contribution is -1.97. The summed E-state index contributed by atoms with van der Waals surface area (Å²) in [5.74, 6) is -0.872. The van der Waals surface area contributed by atoms with E-state index in [0.29, 0.717) is 12.0 Å². The van der Waals surface area contributed by atoms with Gasteiger partial charge < -0.3 is 11.3 Å². The predicted molar refractivity (Wildman–Crippen MR) is 48.6 cm³/mol. The average Bonchev–Trinajstić information content (AvgIpc) is 1.82. The molecule has 0 aromatic carbocycles. The highest BCUT2D eigenvalue weighted by Gasteiger charge is 2.00. The smallest absolute Gasteiger partial charge is 0.330 e. The molecule has 0 aliphatic carbocycles. The molecule has 0 fully saturated rings. The number of carboxylic acid groups (broad SMARTS) is 1. The fourth-order valence-electron chi connectivity index (χ4n) is 0.497. The maximum atomic E-state index is 10.1. The number of hydrogen-bond donors (Lipinski definition) is 2. The summed E-state index contributed by atoms with van der Waals surface area (Å²) < 4.78 is 0. The monoisotopic (exact) mass is 181 g/mol. The molecule has 0 saturated heterocycles. The first-order valence-electron chi connectivity index (χ1n) is 3.09. The van der Waals surface area contributed by atoms with Gasteiger partial charge in [-0.1, -0.05) is 19.9 Å². The Balaban J connectivity index is -0.000000320. The Kier molecular flexibility index (Phi) is 14.5. The van der Waals surface area contributed by atoms with E-state index in [9.17, 15) is 4.79 Å². The Morgan fingerprint density at radius 1 is 1.55 bits per heavy atom. The molecule has 68 valence electrons. The molecule has 11 heavy (non-hydrogen) atoms. The quantitative estimate of drug-likeness (QED) is 0.655. The minimum Gasteiger partial charge on any atom is -0.478 e. The topological polar surface area (TPSA) is 72.3 Å². The molecule has 4 heteroatoms. The van der Waals surface area contributed by atoms with Crippen molar-refractivity contribution in [1.29, 1.82) is 0 Å². The van der Waals surface area contributed by atoms with E-state index in [-0.39, 0.29) is 18.6 Å². The number of rotatable bonds is 4. The number of halogens is 1. The van der Waals surface area contributed by atoms with Gasteiger partial charge in [0.15, 0.2) is 0 Å². The SMILES string of the molecule is C=C(CCCC)C(=O)O.Cl.N. The molecule has 0 unspecified atom stereocenters. The van der Waals surface area contributed by atoms with Crippen molar-refractivity contribution >= 4 is 18.4 Å². The summed E-state index contributed by atoms with van der Waals surface area (Å²) in [5.41, 5.74) is 0.317. The van der Waals surface area contributed by atoms with Crippen LogP contribution in [0.3, 0.4) is 0 Å². The van der Waals surface area contributed by atoms with Crippen LogP contribution in [0.15, 0.2) is 12.2 Å². The van der Waals surface area contributed by atoms with Crippen LogP contribution in [0.5, 0.6) is 0 Å². The van der Waals surface area contributed by atoms with Crippen LogP contribution in [-0.2, 0) is 4.79 Å². The van der Waals surface area contributed by atoms with Gasteiger partial charge in [-0.25, -0.2) is 4.79 Å². The van der Waals surface area contributed by atoms with Crippen molar-refractivity contribution in [2.45, 2.75) is 26.2 Å². The summed E-state index contributed by atoms with van der Waals surface area (Å²) in [6.45, 7) is 5.42. The Hall–Kier alpha value is -0.540. The Morgan fingerprint density at radius 3 is 2.27 bits per heavy atom. The van der Waals surface area contributed by atoms with Gasteiger partial charge in [-0.05, 0) is 12.8 Å². The third kappa shape index (κ3) is 9.46. The normalized spacial score (nSPS) is 7.36. The van der Waals surface area contributed by atoms with Gasteiger partial charge in [-0.2, -0.15) is 0 Å². The van der Waals surface area contributed by atoms with Gasteiger partial charge in [0.05, 0.1) is 0 Å². The maximum Gasteiger partial charge on any atom is 0.330 e. The molecule has 3 nitrogen and oxygen atoms in total. The van der Waals surface area contributed by atoms with Gasteiger partial charge in [-0.3, -0.25) is 0 Å². The van der Waals surface area contributed by atoms with Gasteiger partial charge >= 0.3 is 5.97 Å². The molecule has 0 aromatic rings. The zero-order valence-corrected chi connectivity index (χ0v) is 7.62. The summed E-state index contributed by atoms with van der Waals surface area (Å²) in [6, 6.07) is 0. The lowest BCUT2D eigenvalue weighted by atomic mass is 10.1. The summed E-state index contributed by atoms with van der Waals surface area (Å²) in [7, 11) is 0. The van der Waals surface area contributed by atoms with E-state index in [1.54, 1.807) is 0 Å². The van der Waals surface area contributed by atoms with Gasteiger partial charge in [0, 0.05) is 5.57 Å². The van der Waals surface area contributed by atoms with E-state index >= 15 is 0 Å². The Morgan fingerprint density at radius 2 is 2.00 bits per heavy atom. The van der Waals surface area contributed by atoms with Crippen LogP contribution in [0, 0.1) is 0 Å². The summed E-state index contributed by atoms with van der Waals surface area (Å²) in [5, 5.41) is 8.31. The number of unbranched alkanes of at least 4 members (excludes halogenated alkanes) is 1. The van der Waals surface area contributed by atoms with Crippen LogP contribution in [0.25, 0.3) is 0 Å². The fraction of sp³-hybridized carbons (Fsp3) is 0.571. The molecule has 0 saturated carbocycles. The molecule has 0 amide bonds. The summed E-state index contributed by atoms with van der Waals surface area (Å²) in [4.78, 5) is 10.1. The molecule has 0 aliphatic heterocycles. The fourth-order valence-corrected chi connectivity index (χ4v) is 0.497. The third-order valence-corrected chi connectivity index (χ3v) is 1.13. The van der Waals surface area contributed by atoms with E-state index < -0.39 is 5.97 Å². The lowest BCUT2D eigenvalue weighted by Gasteiger charge is -1.95. The number of carbonyl (C=O) groups is 1. The Bertz CT molecular complexity index is 126. The molecule has 0 radical (unpaired) electrons. The van der Waals surface area contributed by atoms with Crippen molar-refractivity contribution in [1.82, 2.24) is 6.15 Å². The van der Waals surface area contributed by atoms with Gasteiger partial charge in [0.25, 0.3) is 0 Å². The minimum atomic E-state index is -0.872. The van der Waals surface area contributed by atoms with E-state index in [2.05, 4.69) is 6.58 Å². The van der Waals surface area contributed by atoms with E-state index in [1.807, 2.05) is 6.92 Å². The van der Waals surface area contributed by atoms with Gasteiger partial charge in [-0.15, -0.1) is 12.4 Å². The van der Waals surface area contributed by atoms with E-state index in [1.165, 1.54) is 0 Å². The summed E-state index contributed by atoms with van der Waals surface area (Å²) in [6.07, 6.45) is 2.56. The van der Waals surface area contributed by atoms with Crippen molar-refractivity contribution in [3.63, 3.8) is 0 Å². The Labute approximate surface area is 73.5 Å². The molecule has 0 aliphatic rings. The second-order valence-electron chi connectivity index (χ2n) is 2.01. The van der Waals surface area contributed by atoms with Crippen molar-refractivity contribution in [3.05, 3.63) is 12.2 Å². The van der Waals surface area contributed by atoms with Crippen molar-refractivity contribution in [2.75, 3.05) is 0 Å². The zero-order valence-electron chi connectivity index (χ0n) is 6.80. The van der Waals surface area contributed by atoms with Crippen molar-refractivity contribution in [3.8, 4) is 0 Å². The molecule has 0 spiro atoms. The van der Waals surface area contributed by atoms with Gasteiger partial charge in [0.2, 0.25) is 0 Å². The number of carboxylic acids is 1. The third-order valence-electron chi connectivity index (χ3n) is 1.13. The summed E-state index contributed by atoms with van der Waals surface area (Å²) >= 11 is 0. The van der Waals surface area contributed by atoms with Crippen molar-refractivity contribution < 1.29 is 9.90 Å². The van der Waals surface area contributed by atoms with Crippen LogP contribution >= 0.6 is 12.4 Å². The molecule has 0 heterocycles. The van der Waals surface area contributed by atoms with Gasteiger partial charge in [0.1, 0.15) is 0 Å². The lowest BCUT2D eigenvalue weighted by molar-refractivity contribution is -0.132. The zero-order chi connectivity index (χ0) is 7.28. The predicted octanol–water partition coefficient (Wildman–Crippen LogP) is 2.40. The standard InChI is InChI=1S/C7H12O2.ClH.H3N/c1-3-4-5-6(2)7(8)9;;/h2-5H2,1H3,(H,8,9);1H;1H3.